The van der Waals surface area contributed by atoms with Crippen LogP contribution in [0.5, 0.6) is 0 Å². The van der Waals surface area contributed by atoms with Gasteiger partial charge in [0.1, 0.15) is 0 Å². The third-order valence-electron chi connectivity index (χ3n) is 3.79. The van der Waals surface area contributed by atoms with Gasteiger partial charge in [-0.1, -0.05) is 49.6 Å². The highest BCUT2D eigenvalue weighted by molar-refractivity contribution is 5.19. The molecule has 0 aromatic heterocycles. The van der Waals surface area contributed by atoms with Crippen molar-refractivity contribution in [3.05, 3.63) is 35.9 Å². The minimum atomic E-state index is 0.612. The molecule has 1 aliphatic rings. The normalized spacial score (nSPS) is 19.9. The molecule has 1 unspecified atom stereocenters. The molecule has 0 saturated heterocycles. The van der Waals surface area contributed by atoms with Crippen LogP contribution < -0.4 is 0 Å². The van der Waals surface area contributed by atoms with Crippen molar-refractivity contribution in [1.82, 2.24) is 4.90 Å². The van der Waals surface area contributed by atoms with E-state index < -0.39 is 0 Å². The highest BCUT2D eigenvalue weighted by Crippen LogP contribution is 2.36. The predicted octanol–water partition coefficient (Wildman–Crippen LogP) is 3.87. The van der Waals surface area contributed by atoms with Crippen LogP contribution in [0.3, 0.4) is 0 Å². The van der Waals surface area contributed by atoms with Crippen LogP contribution in [0.25, 0.3) is 0 Å². The van der Waals surface area contributed by atoms with Gasteiger partial charge in [0.2, 0.25) is 0 Å². The van der Waals surface area contributed by atoms with Gasteiger partial charge in [-0.3, -0.25) is 0 Å². The molecule has 1 aromatic rings. The average Bonchev–Trinajstić information content (AvgIpc) is 2.31. The highest BCUT2D eigenvalue weighted by atomic mass is 15.1. The second kappa shape index (κ2) is 5.49. The fourth-order valence-corrected chi connectivity index (χ4v) is 3.09. The average molecular weight is 217 g/mol. The van der Waals surface area contributed by atoms with Gasteiger partial charge in [0.05, 0.1) is 0 Å². The monoisotopic (exact) mass is 217 g/mol. The molecule has 0 bridgehead atoms. The van der Waals surface area contributed by atoms with E-state index in [1.807, 2.05) is 0 Å². The van der Waals surface area contributed by atoms with Crippen molar-refractivity contribution in [1.29, 1.82) is 0 Å². The van der Waals surface area contributed by atoms with Crippen LogP contribution in [0.4, 0.5) is 0 Å². The van der Waals surface area contributed by atoms with Crippen molar-refractivity contribution < 1.29 is 0 Å². The van der Waals surface area contributed by atoms with E-state index in [1.54, 1.807) is 0 Å². The molecule has 0 radical (unpaired) electrons. The Morgan fingerprint density at radius 1 is 1.00 bits per heavy atom. The lowest BCUT2D eigenvalue weighted by Gasteiger charge is -2.35. The molecule has 1 fully saturated rings. The summed E-state index contributed by atoms with van der Waals surface area (Å²) in [4.78, 5) is 2.39. The zero-order valence-corrected chi connectivity index (χ0v) is 10.5. The highest BCUT2D eigenvalue weighted by Gasteiger charge is 2.26. The van der Waals surface area contributed by atoms with Gasteiger partial charge in [-0.25, -0.2) is 0 Å². The SMILES string of the molecule is CN(C)C(c1ccccc1)C1CCCCC1. The van der Waals surface area contributed by atoms with E-state index in [0.29, 0.717) is 6.04 Å². The van der Waals surface area contributed by atoms with Crippen LogP contribution in [-0.4, -0.2) is 19.0 Å². The van der Waals surface area contributed by atoms with Gasteiger partial charge in [0, 0.05) is 6.04 Å². The van der Waals surface area contributed by atoms with Crippen molar-refractivity contribution >= 4 is 0 Å². The van der Waals surface area contributed by atoms with Crippen molar-refractivity contribution in [2.75, 3.05) is 14.1 Å². The summed E-state index contributed by atoms with van der Waals surface area (Å²) in [5, 5.41) is 0. The number of benzene rings is 1. The van der Waals surface area contributed by atoms with Gasteiger partial charge >= 0.3 is 0 Å². The van der Waals surface area contributed by atoms with Crippen molar-refractivity contribution in [3.63, 3.8) is 0 Å². The van der Waals surface area contributed by atoms with E-state index in [4.69, 9.17) is 0 Å². The second-order valence-electron chi connectivity index (χ2n) is 5.22. The molecule has 1 aliphatic carbocycles. The fourth-order valence-electron chi connectivity index (χ4n) is 3.09. The maximum atomic E-state index is 2.39. The molecule has 1 saturated carbocycles. The molecule has 88 valence electrons. The topological polar surface area (TPSA) is 3.24 Å². The summed E-state index contributed by atoms with van der Waals surface area (Å²) < 4.78 is 0. The van der Waals surface area contributed by atoms with Gasteiger partial charge in [-0.05, 0) is 38.4 Å². The van der Waals surface area contributed by atoms with Crippen LogP contribution >= 0.6 is 0 Å². The van der Waals surface area contributed by atoms with Gasteiger partial charge in [-0.15, -0.1) is 0 Å². The molecule has 1 atom stereocenters. The lowest BCUT2D eigenvalue weighted by Crippen LogP contribution is -2.28. The molecule has 0 amide bonds. The van der Waals surface area contributed by atoms with Crippen LogP contribution in [0, 0.1) is 5.92 Å². The molecule has 0 N–H and O–H groups in total. The van der Waals surface area contributed by atoms with Gasteiger partial charge in [0.15, 0.2) is 0 Å². The van der Waals surface area contributed by atoms with Crippen LogP contribution in [0.2, 0.25) is 0 Å². The Bertz CT molecular complexity index is 298. The van der Waals surface area contributed by atoms with E-state index >= 15 is 0 Å². The summed E-state index contributed by atoms with van der Waals surface area (Å²) in [6.45, 7) is 0. The second-order valence-corrected chi connectivity index (χ2v) is 5.22. The molecule has 1 heteroatoms. The fraction of sp³-hybridized carbons (Fsp3) is 0.600. The maximum absolute atomic E-state index is 2.39. The number of hydrogen-bond donors (Lipinski definition) is 0. The summed E-state index contributed by atoms with van der Waals surface area (Å²) in [6.07, 6.45) is 7.07. The molecule has 1 nitrogen and oxygen atoms in total. The van der Waals surface area contributed by atoms with Crippen molar-refractivity contribution in [3.8, 4) is 0 Å². The predicted molar refractivity (Wildman–Crippen MR) is 69.4 cm³/mol. The first-order valence-corrected chi connectivity index (χ1v) is 6.50. The number of hydrogen-bond acceptors (Lipinski definition) is 1. The minimum absolute atomic E-state index is 0.612. The summed E-state index contributed by atoms with van der Waals surface area (Å²) in [6, 6.07) is 11.6. The molecule has 0 heterocycles. The smallest absolute Gasteiger partial charge is 0.0370 e. The molecular weight excluding hydrogens is 194 g/mol. The molecule has 1 aromatic carbocycles. The Hall–Kier alpha value is -0.820. The minimum Gasteiger partial charge on any atom is -0.302 e. The Morgan fingerprint density at radius 2 is 1.62 bits per heavy atom. The van der Waals surface area contributed by atoms with E-state index in [0.717, 1.165) is 5.92 Å². The largest absolute Gasteiger partial charge is 0.302 e. The summed E-state index contributed by atoms with van der Waals surface area (Å²) in [5.74, 6) is 0.853. The van der Waals surface area contributed by atoms with E-state index in [2.05, 4.69) is 49.3 Å². The third kappa shape index (κ3) is 2.65. The summed E-state index contributed by atoms with van der Waals surface area (Å²) in [5.41, 5.74) is 1.49. The van der Waals surface area contributed by atoms with Gasteiger partial charge in [0.25, 0.3) is 0 Å². The molecule has 0 aliphatic heterocycles. The number of nitrogens with zero attached hydrogens (tertiary/aromatic N) is 1. The number of rotatable bonds is 3. The molecule has 0 spiro atoms. The maximum Gasteiger partial charge on any atom is 0.0370 e. The Labute approximate surface area is 99.5 Å². The van der Waals surface area contributed by atoms with Crippen LogP contribution in [-0.2, 0) is 0 Å². The first-order valence-electron chi connectivity index (χ1n) is 6.50. The van der Waals surface area contributed by atoms with Crippen LogP contribution in [0.1, 0.15) is 43.7 Å². The zero-order valence-electron chi connectivity index (χ0n) is 10.5. The summed E-state index contributed by atoms with van der Waals surface area (Å²) >= 11 is 0. The van der Waals surface area contributed by atoms with E-state index in [1.165, 1.54) is 37.7 Å². The third-order valence-corrected chi connectivity index (χ3v) is 3.79. The van der Waals surface area contributed by atoms with Crippen LogP contribution in [0.15, 0.2) is 30.3 Å². The lowest BCUT2D eigenvalue weighted by atomic mass is 9.80. The van der Waals surface area contributed by atoms with E-state index in [-0.39, 0.29) is 0 Å². The first kappa shape index (κ1) is 11.7. The molecular formula is C15H23N. The zero-order chi connectivity index (χ0) is 11.4. The van der Waals surface area contributed by atoms with Crippen molar-refractivity contribution in [2.45, 2.75) is 38.1 Å². The Balaban J connectivity index is 2.16. The molecule has 2 rings (SSSR count). The van der Waals surface area contributed by atoms with Gasteiger partial charge in [-0.2, -0.15) is 0 Å². The Kier molecular flexibility index (Phi) is 4.00. The lowest BCUT2D eigenvalue weighted by molar-refractivity contribution is 0.171. The Morgan fingerprint density at radius 3 is 2.19 bits per heavy atom. The van der Waals surface area contributed by atoms with E-state index in [9.17, 15) is 0 Å². The van der Waals surface area contributed by atoms with Gasteiger partial charge < -0.3 is 4.90 Å². The first-order chi connectivity index (χ1) is 7.79. The summed E-state index contributed by atoms with van der Waals surface area (Å²) in [7, 11) is 4.43. The standard InChI is InChI=1S/C15H23N/c1-16(2)15(13-9-5-3-6-10-13)14-11-7-4-8-12-14/h3,5-6,9-10,14-15H,4,7-8,11-12H2,1-2H3. The molecule has 16 heavy (non-hydrogen) atoms. The quantitative estimate of drug-likeness (QED) is 0.743. The van der Waals surface area contributed by atoms with Crippen molar-refractivity contribution in [2.24, 2.45) is 5.92 Å².